The molecule has 0 aliphatic rings. The van der Waals surface area contributed by atoms with Crippen LogP contribution in [0.5, 0.6) is 0 Å². The Bertz CT molecular complexity index is 343. The van der Waals surface area contributed by atoms with Crippen LogP contribution < -0.4 is 0 Å². The first kappa shape index (κ1) is 13.0. The molecular weight excluding hydrogens is 200 g/mol. The highest BCUT2D eigenvalue weighted by molar-refractivity contribution is 5.97. The van der Waals surface area contributed by atoms with E-state index in [2.05, 4.69) is 18.7 Å². The van der Waals surface area contributed by atoms with Crippen LogP contribution in [-0.4, -0.2) is 35.4 Å². The van der Waals surface area contributed by atoms with Crippen LogP contribution in [0.25, 0.3) is 0 Å². The molecule has 0 bridgehead atoms. The largest absolute Gasteiger partial charge is 0.357 e. The summed E-state index contributed by atoms with van der Waals surface area (Å²) < 4.78 is 1.90. The van der Waals surface area contributed by atoms with Crippen molar-refractivity contribution in [1.29, 1.82) is 0 Å². The van der Waals surface area contributed by atoms with Gasteiger partial charge >= 0.3 is 0 Å². The normalized spacial score (nSPS) is 13.1. The predicted octanol–water partition coefficient (Wildman–Crippen LogP) is 2.19. The maximum Gasteiger partial charge on any atom is 0.178 e. The van der Waals surface area contributed by atoms with Crippen molar-refractivity contribution in [3.8, 4) is 0 Å². The number of aromatic nitrogens is 1. The first-order valence-corrected chi connectivity index (χ1v) is 5.86. The van der Waals surface area contributed by atoms with E-state index in [1.54, 1.807) is 0 Å². The third-order valence-corrected chi connectivity index (χ3v) is 2.89. The van der Waals surface area contributed by atoms with E-state index in [1.807, 2.05) is 37.1 Å². The lowest BCUT2D eigenvalue weighted by molar-refractivity contribution is 0.0939. The molecule has 90 valence electrons. The van der Waals surface area contributed by atoms with Crippen molar-refractivity contribution >= 4 is 5.78 Å². The molecule has 0 saturated heterocycles. The van der Waals surface area contributed by atoms with Gasteiger partial charge in [-0.1, -0.05) is 20.3 Å². The molecule has 3 nitrogen and oxygen atoms in total. The number of likely N-dealkylation sites (N-methyl/N-ethyl adjacent to an activating group) is 1. The molecule has 0 N–H and O–H groups in total. The molecule has 0 fully saturated rings. The fraction of sp³-hybridized carbons (Fsp3) is 0.615. The van der Waals surface area contributed by atoms with Gasteiger partial charge in [0, 0.05) is 31.5 Å². The molecular formula is C13H22N2O. The highest BCUT2D eigenvalue weighted by Gasteiger charge is 2.11. The van der Waals surface area contributed by atoms with Crippen LogP contribution in [-0.2, 0) is 7.05 Å². The minimum absolute atomic E-state index is 0.200. The smallest absolute Gasteiger partial charge is 0.178 e. The van der Waals surface area contributed by atoms with Gasteiger partial charge < -0.3 is 4.57 Å². The van der Waals surface area contributed by atoms with Gasteiger partial charge in [0.2, 0.25) is 0 Å². The van der Waals surface area contributed by atoms with Gasteiger partial charge in [0.25, 0.3) is 0 Å². The zero-order valence-corrected chi connectivity index (χ0v) is 10.7. The van der Waals surface area contributed by atoms with Gasteiger partial charge in [0.15, 0.2) is 5.78 Å². The summed E-state index contributed by atoms with van der Waals surface area (Å²) in [5.74, 6) is 0.847. The second-order valence-electron chi connectivity index (χ2n) is 4.70. The summed E-state index contributed by atoms with van der Waals surface area (Å²) >= 11 is 0. The van der Waals surface area contributed by atoms with Crippen LogP contribution in [0.3, 0.4) is 0 Å². The molecule has 1 heterocycles. The average molecular weight is 222 g/mol. The lowest BCUT2D eigenvalue weighted by Gasteiger charge is -2.19. The number of carbonyl (C=O) groups is 1. The van der Waals surface area contributed by atoms with Crippen molar-refractivity contribution in [2.45, 2.75) is 20.3 Å². The third-order valence-electron chi connectivity index (χ3n) is 2.89. The lowest BCUT2D eigenvalue weighted by atomic mass is 10.1. The Balaban J connectivity index is 2.45. The van der Waals surface area contributed by atoms with Gasteiger partial charge in [-0.2, -0.15) is 0 Å². The second kappa shape index (κ2) is 5.85. The van der Waals surface area contributed by atoms with Gasteiger partial charge in [-0.3, -0.25) is 9.69 Å². The summed E-state index contributed by atoms with van der Waals surface area (Å²) in [6.07, 6.45) is 4.94. The number of nitrogens with zero attached hydrogens (tertiary/aromatic N) is 2. The SMILES string of the molecule is CCC(C)CN(C)CC(=O)c1ccn(C)c1. The van der Waals surface area contributed by atoms with Crippen LogP contribution in [0.15, 0.2) is 18.5 Å². The molecule has 0 radical (unpaired) electrons. The van der Waals surface area contributed by atoms with Gasteiger partial charge in [-0.25, -0.2) is 0 Å². The summed E-state index contributed by atoms with van der Waals surface area (Å²) in [5, 5.41) is 0. The Labute approximate surface area is 98.1 Å². The van der Waals surface area contributed by atoms with Gasteiger partial charge in [-0.15, -0.1) is 0 Å². The fourth-order valence-corrected chi connectivity index (χ4v) is 1.73. The van der Waals surface area contributed by atoms with Crippen LogP contribution in [0, 0.1) is 5.92 Å². The highest BCUT2D eigenvalue weighted by Crippen LogP contribution is 2.05. The van der Waals surface area contributed by atoms with E-state index in [-0.39, 0.29) is 5.78 Å². The Hall–Kier alpha value is -1.09. The number of carbonyl (C=O) groups excluding carboxylic acids is 1. The van der Waals surface area contributed by atoms with Crippen LogP contribution >= 0.6 is 0 Å². The maximum atomic E-state index is 11.9. The molecule has 16 heavy (non-hydrogen) atoms. The van der Waals surface area contributed by atoms with Crippen molar-refractivity contribution in [3.63, 3.8) is 0 Å². The molecule has 0 saturated carbocycles. The van der Waals surface area contributed by atoms with Gasteiger partial charge in [0.05, 0.1) is 6.54 Å². The first-order chi connectivity index (χ1) is 7.52. The van der Waals surface area contributed by atoms with E-state index < -0.39 is 0 Å². The molecule has 3 heteroatoms. The Morgan fingerprint density at radius 3 is 2.75 bits per heavy atom. The predicted molar refractivity (Wildman–Crippen MR) is 66.7 cm³/mol. The minimum atomic E-state index is 0.200. The summed E-state index contributed by atoms with van der Waals surface area (Å²) in [7, 11) is 3.94. The number of rotatable bonds is 6. The second-order valence-corrected chi connectivity index (χ2v) is 4.70. The van der Waals surface area contributed by atoms with Crippen LogP contribution in [0.4, 0.5) is 0 Å². The van der Waals surface area contributed by atoms with E-state index >= 15 is 0 Å². The summed E-state index contributed by atoms with van der Waals surface area (Å²) in [6, 6.07) is 1.87. The zero-order chi connectivity index (χ0) is 12.1. The first-order valence-electron chi connectivity index (χ1n) is 5.86. The van der Waals surface area contributed by atoms with Crippen molar-refractivity contribution in [1.82, 2.24) is 9.47 Å². The molecule has 0 amide bonds. The van der Waals surface area contributed by atoms with E-state index in [0.717, 1.165) is 18.5 Å². The summed E-state index contributed by atoms with van der Waals surface area (Å²) in [6.45, 7) is 5.88. The number of hydrogen-bond donors (Lipinski definition) is 0. The minimum Gasteiger partial charge on any atom is -0.357 e. The number of Topliss-reactive ketones (excluding diaryl/α,β-unsaturated/α-hetero) is 1. The number of hydrogen-bond acceptors (Lipinski definition) is 2. The monoisotopic (exact) mass is 222 g/mol. The molecule has 1 aromatic heterocycles. The molecule has 0 spiro atoms. The maximum absolute atomic E-state index is 11.9. The standard InChI is InChI=1S/C13H22N2O/c1-5-11(2)8-15(4)10-13(16)12-6-7-14(3)9-12/h6-7,9,11H,5,8,10H2,1-4H3. The third kappa shape index (κ3) is 3.81. The quantitative estimate of drug-likeness (QED) is 0.689. The molecule has 0 aliphatic heterocycles. The van der Waals surface area contributed by atoms with Crippen molar-refractivity contribution in [3.05, 3.63) is 24.0 Å². The molecule has 1 rings (SSSR count). The summed E-state index contributed by atoms with van der Waals surface area (Å²) in [4.78, 5) is 14.0. The Morgan fingerprint density at radius 2 is 2.25 bits per heavy atom. The Morgan fingerprint density at radius 1 is 1.56 bits per heavy atom. The van der Waals surface area contributed by atoms with E-state index in [4.69, 9.17) is 0 Å². The van der Waals surface area contributed by atoms with Gasteiger partial charge in [0.1, 0.15) is 0 Å². The fourth-order valence-electron chi connectivity index (χ4n) is 1.73. The topological polar surface area (TPSA) is 25.2 Å². The Kier molecular flexibility index (Phi) is 4.74. The van der Waals surface area contributed by atoms with E-state index in [1.165, 1.54) is 0 Å². The molecule has 0 aromatic carbocycles. The number of aryl methyl sites for hydroxylation is 1. The molecule has 1 aromatic rings. The van der Waals surface area contributed by atoms with Gasteiger partial charge in [-0.05, 0) is 19.0 Å². The zero-order valence-electron chi connectivity index (χ0n) is 10.7. The molecule has 1 atom stereocenters. The average Bonchev–Trinajstić information content (AvgIpc) is 2.64. The summed E-state index contributed by atoms with van der Waals surface area (Å²) in [5.41, 5.74) is 0.804. The van der Waals surface area contributed by atoms with Crippen molar-refractivity contribution < 1.29 is 4.79 Å². The van der Waals surface area contributed by atoms with Crippen molar-refractivity contribution in [2.75, 3.05) is 20.1 Å². The molecule has 1 unspecified atom stereocenters. The van der Waals surface area contributed by atoms with Crippen LogP contribution in [0.1, 0.15) is 30.6 Å². The molecule has 0 aliphatic carbocycles. The lowest BCUT2D eigenvalue weighted by Crippen LogP contribution is -2.29. The van der Waals surface area contributed by atoms with Crippen LogP contribution in [0.2, 0.25) is 0 Å². The van der Waals surface area contributed by atoms with E-state index in [9.17, 15) is 4.79 Å². The highest BCUT2D eigenvalue weighted by atomic mass is 16.1. The van der Waals surface area contributed by atoms with Crippen molar-refractivity contribution in [2.24, 2.45) is 13.0 Å². The van der Waals surface area contributed by atoms with E-state index in [0.29, 0.717) is 12.5 Å². The number of ketones is 1.